The Morgan fingerprint density at radius 3 is 2.34 bits per heavy atom. The van der Waals surface area contributed by atoms with Crippen LogP contribution in [0.25, 0.3) is 0 Å². The molecule has 2 aromatic rings. The van der Waals surface area contributed by atoms with Gasteiger partial charge in [-0.3, -0.25) is 14.9 Å². The molecular weight excluding hydrogens is 384 g/mol. The SMILES string of the molecule is COc1cc(NC(=O)COC(=O)c2cccc(OC)c2OC)c(C)cc1[N+](=O)[O-]. The average Bonchev–Trinajstić information content (AvgIpc) is 2.72. The number of aryl methyl sites for hydroxylation is 1. The Morgan fingerprint density at radius 2 is 1.76 bits per heavy atom. The lowest BCUT2D eigenvalue weighted by Gasteiger charge is -2.13. The summed E-state index contributed by atoms with van der Waals surface area (Å²) < 4.78 is 20.3. The third-order valence-electron chi connectivity index (χ3n) is 3.95. The molecule has 0 aliphatic heterocycles. The van der Waals surface area contributed by atoms with Crippen molar-refractivity contribution in [2.75, 3.05) is 33.3 Å². The second-order valence-corrected chi connectivity index (χ2v) is 5.76. The number of nitrogens with one attached hydrogen (secondary N) is 1. The molecule has 1 N–H and O–H groups in total. The second kappa shape index (κ2) is 9.40. The standard InChI is InChI=1S/C19H20N2O8/c1-11-8-14(21(24)25)16(27-3)9-13(11)20-17(22)10-29-19(23)12-6-5-7-15(26-2)18(12)28-4/h5-9H,10H2,1-4H3,(H,20,22). The van der Waals surface area contributed by atoms with Crippen molar-refractivity contribution >= 4 is 23.3 Å². The molecule has 29 heavy (non-hydrogen) atoms. The lowest BCUT2D eigenvalue weighted by Crippen LogP contribution is -2.21. The number of anilines is 1. The summed E-state index contributed by atoms with van der Waals surface area (Å²) in [4.78, 5) is 34.9. The minimum atomic E-state index is -0.770. The van der Waals surface area contributed by atoms with Crippen LogP contribution in [0.4, 0.5) is 11.4 Å². The predicted octanol–water partition coefficient (Wildman–Crippen LogP) is 2.72. The van der Waals surface area contributed by atoms with E-state index in [2.05, 4.69) is 5.32 Å². The molecule has 0 saturated carbocycles. The number of nitro benzene ring substituents is 1. The predicted molar refractivity (Wildman–Crippen MR) is 103 cm³/mol. The van der Waals surface area contributed by atoms with Gasteiger partial charge in [0.2, 0.25) is 0 Å². The van der Waals surface area contributed by atoms with Crippen LogP contribution >= 0.6 is 0 Å². The summed E-state index contributed by atoms with van der Waals surface area (Å²) in [6.07, 6.45) is 0. The molecule has 0 atom stereocenters. The molecule has 1 amide bonds. The molecule has 0 radical (unpaired) electrons. The molecule has 0 unspecified atom stereocenters. The molecule has 0 saturated heterocycles. The maximum atomic E-state index is 12.3. The molecule has 0 aliphatic carbocycles. The lowest BCUT2D eigenvalue weighted by molar-refractivity contribution is -0.385. The van der Waals surface area contributed by atoms with Gasteiger partial charge in [-0.2, -0.15) is 0 Å². The maximum absolute atomic E-state index is 12.3. The summed E-state index contributed by atoms with van der Waals surface area (Å²) in [6, 6.07) is 7.30. The van der Waals surface area contributed by atoms with E-state index in [1.807, 2.05) is 0 Å². The van der Waals surface area contributed by atoms with Crippen LogP contribution in [0, 0.1) is 17.0 Å². The van der Waals surface area contributed by atoms with Crippen molar-refractivity contribution in [2.45, 2.75) is 6.92 Å². The molecule has 2 aromatic carbocycles. The van der Waals surface area contributed by atoms with Gasteiger partial charge in [0.15, 0.2) is 23.9 Å². The van der Waals surface area contributed by atoms with Gasteiger partial charge in [0.1, 0.15) is 5.56 Å². The number of methoxy groups -OCH3 is 3. The smallest absolute Gasteiger partial charge is 0.342 e. The van der Waals surface area contributed by atoms with Crippen molar-refractivity contribution in [1.82, 2.24) is 0 Å². The number of hydrogen-bond donors (Lipinski definition) is 1. The number of esters is 1. The minimum absolute atomic E-state index is 0.00554. The minimum Gasteiger partial charge on any atom is -0.493 e. The van der Waals surface area contributed by atoms with Gasteiger partial charge in [-0.15, -0.1) is 0 Å². The molecule has 0 heterocycles. The van der Waals surface area contributed by atoms with E-state index in [0.29, 0.717) is 17.0 Å². The molecule has 0 spiro atoms. The van der Waals surface area contributed by atoms with Crippen molar-refractivity contribution in [3.8, 4) is 17.2 Å². The van der Waals surface area contributed by atoms with Gasteiger partial charge in [0, 0.05) is 17.8 Å². The number of hydrogen-bond acceptors (Lipinski definition) is 8. The van der Waals surface area contributed by atoms with E-state index in [-0.39, 0.29) is 22.7 Å². The molecule has 0 bridgehead atoms. The van der Waals surface area contributed by atoms with Crippen LogP contribution in [0.5, 0.6) is 17.2 Å². The Bertz CT molecular complexity index is 942. The lowest BCUT2D eigenvalue weighted by atomic mass is 10.1. The number of ether oxygens (including phenoxy) is 4. The van der Waals surface area contributed by atoms with Crippen molar-refractivity contribution in [3.05, 3.63) is 51.6 Å². The van der Waals surface area contributed by atoms with Gasteiger partial charge in [0.25, 0.3) is 5.91 Å². The molecule has 2 rings (SSSR count). The number of nitro groups is 1. The van der Waals surface area contributed by atoms with Gasteiger partial charge in [-0.25, -0.2) is 4.79 Å². The topological polar surface area (TPSA) is 126 Å². The van der Waals surface area contributed by atoms with Crippen LogP contribution < -0.4 is 19.5 Å². The summed E-state index contributed by atoms with van der Waals surface area (Å²) in [6.45, 7) is 1.02. The second-order valence-electron chi connectivity index (χ2n) is 5.76. The largest absolute Gasteiger partial charge is 0.493 e. The third-order valence-corrected chi connectivity index (χ3v) is 3.95. The number of para-hydroxylation sites is 1. The monoisotopic (exact) mass is 404 g/mol. The Balaban J connectivity index is 2.09. The zero-order chi connectivity index (χ0) is 21.6. The normalized spacial score (nSPS) is 10.1. The molecular formula is C19H20N2O8. The van der Waals surface area contributed by atoms with Gasteiger partial charge in [-0.05, 0) is 24.6 Å². The summed E-state index contributed by atoms with van der Waals surface area (Å²) in [5.74, 6) is -0.863. The maximum Gasteiger partial charge on any atom is 0.342 e. The molecule has 10 heteroatoms. The van der Waals surface area contributed by atoms with E-state index in [0.717, 1.165) is 0 Å². The molecule has 10 nitrogen and oxygen atoms in total. The van der Waals surface area contributed by atoms with Crippen LogP contribution in [-0.4, -0.2) is 44.7 Å². The molecule has 0 aromatic heterocycles. The van der Waals surface area contributed by atoms with E-state index in [1.54, 1.807) is 19.1 Å². The fourth-order valence-corrected chi connectivity index (χ4v) is 2.56. The number of rotatable bonds is 8. The third kappa shape index (κ3) is 4.92. The van der Waals surface area contributed by atoms with E-state index in [9.17, 15) is 19.7 Å². The Kier molecular flexibility index (Phi) is 6.96. The fourth-order valence-electron chi connectivity index (χ4n) is 2.56. The number of benzene rings is 2. The van der Waals surface area contributed by atoms with Crippen LogP contribution in [-0.2, 0) is 9.53 Å². The van der Waals surface area contributed by atoms with Crippen molar-refractivity contribution in [2.24, 2.45) is 0 Å². The summed E-state index contributed by atoms with van der Waals surface area (Å²) in [5.41, 5.74) is 0.631. The number of carbonyl (C=O) groups is 2. The number of carbonyl (C=O) groups excluding carboxylic acids is 2. The molecule has 0 aliphatic rings. The first-order valence-corrected chi connectivity index (χ1v) is 8.33. The van der Waals surface area contributed by atoms with E-state index >= 15 is 0 Å². The van der Waals surface area contributed by atoms with Crippen LogP contribution in [0.3, 0.4) is 0 Å². The highest BCUT2D eigenvalue weighted by Gasteiger charge is 2.21. The highest BCUT2D eigenvalue weighted by Crippen LogP contribution is 2.33. The quantitative estimate of drug-likeness (QED) is 0.404. The first-order valence-electron chi connectivity index (χ1n) is 8.33. The van der Waals surface area contributed by atoms with Crippen molar-refractivity contribution < 1.29 is 33.5 Å². The van der Waals surface area contributed by atoms with E-state index in [1.165, 1.54) is 39.5 Å². The zero-order valence-corrected chi connectivity index (χ0v) is 16.3. The first-order chi connectivity index (χ1) is 13.8. The molecule has 154 valence electrons. The van der Waals surface area contributed by atoms with Gasteiger partial charge in [-0.1, -0.05) is 6.07 Å². The number of amides is 1. The van der Waals surface area contributed by atoms with Crippen molar-refractivity contribution in [1.29, 1.82) is 0 Å². The Labute approximate surface area is 166 Å². The number of nitrogens with zero attached hydrogens (tertiary/aromatic N) is 1. The summed E-state index contributed by atoms with van der Waals surface area (Å²) in [7, 11) is 4.10. The summed E-state index contributed by atoms with van der Waals surface area (Å²) in [5, 5.41) is 13.6. The molecule has 0 fully saturated rings. The van der Waals surface area contributed by atoms with Gasteiger partial charge in [0.05, 0.1) is 26.3 Å². The van der Waals surface area contributed by atoms with Gasteiger partial charge >= 0.3 is 11.7 Å². The van der Waals surface area contributed by atoms with Crippen molar-refractivity contribution in [3.63, 3.8) is 0 Å². The van der Waals surface area contributed by atoms with E-state index in [4.69, 9.17) is 18.9 Å². The van der Waals surface area contributed by atoms with Crippen LogP contribution in [0.15, 0.2) is 30.3 Å². The summed E-state index contributed by atoms with van der Waals surface area (Å²) >= 11 is 0. The van der Waals surface area contributed by atoms with Crippen LogP contribution in [0.1, 0.15) is 15.9 Å². The van der Waals surface area contributed by atoms with Crippen LogP contribution in [0.2, 0.25) is 0 Å². The fraction of sp³-hybridized carbons (Fsp3) is 0.263. The highest BCUT2D eigenvalue weighted by molar-refractivity contribution is 5.97. The average molecular weight is 404 g/mol. The van der Waals surface area contributed by atoms with Gasteiger partial charge < -0.3 is 24.3 Å². The Morgan fingerprint density at radius 1 is 1.07 bits per heavy atom. The Hall–Kier alpha value is -3.82. The van der Waals surface area contributed by atoms with E-state index < -0.39 is 23.4 Å². The highest BCUT2D eigenvalue weighted by atomic mass is 16.6. The first kappa shape index (κ1) is 21.5. The zero-order valence-electron chi connectivity index (χ0n) is 16.3.